The quantitative estimate of drug-likeness (QED) is 0.729. The van der Waals surface area contributed by atoms with E-state index in [0.29, 0.717) is 0 Å². The van der Waals surface area contributed by atoms with Crippen LogP contribution in [0.2, 0.25) is 5.02 Å². The summed E-state index contributed by atoms with van der Waals surface area (Å²) >= 11 is 5.96. The van der Waals surface area contributed by atoms with Crippen molar-refractivity contribution >= 4 is 17.2 Å². The van der Waals surface area contributed by atoms with Crippen LogP contribution in [-0.2, 0) is 13.0 Å². The molecule has 102 valence electrons. The van der Waals surface area contributed by atoms with Crippen LogP contribution in [0.15, 0.2) is 54.9 Å². The van der Waals surface area contributed by atoms with Crippen molar-refractivity contribution in [1.82, 2.24) is 14.7 Å². The molecule has 3 nitrogen and oxygen atoms in total. The molecule has 0 amide bonds. The highest BCUT2D eigenvalue weighted by molar-refractivity contribution is 6.30. The summed E-state index contributed by atoms with van der Waals surface area (Å²) in [6.07, 6.45) is 4.91. The molecule has 0 saturated carbocycles. The Bertz CT molecular complexity index is 691. The summed E-state index contributed by atoms with van der Waals surface area (Å²) in [5.74, 6) is 0. The van der Waals surface area contributed by atoms with Crippen LogP contribution in [0.5, 0.6) is 0 Å². The van der Waals surface area contributed by atoms with Crippen LogP contribution in [0, 0.1) is 0 Å². The van der Waals surface area contributed by atoms with Gasteiger partial charge in [-0.3, -0.25) is 0 Å². The Morgan fingerprint density at radius 1 is 1.05 bits per heavy atom. The number of benzene rings is 1. The van der Waals surface area contributed by atoms with E-state index >= 15 is 0 Å². The molecule has 0 fully saturated rings. The van der Waals surface area contributed by atoms with Crippen LogP contribution in [0.25, 0.3) is 5.65 Å². The molecule has 1 aromatic carbocycles. The zero-order valence-corrected chi connectivity index (χ0v) is 11.8. The third-order valence-corrected chi connectivity index (χ3v) is 3.43. The third kappa shape index (κ3) is 3.18. The molecule has 0 saturated heterocycles. The predicted molar refractivity (Wildman–Crippen MR) is 82.1 cm³/mol. The molecule has 2 heterocycles. The lowest BCUT2D eigenvalue weighted by atomic mass is 10.1. The van der Waals surface area contributed by atoms with Crippen LogP contribution >= 0.6 is 11.6 Å². The number of hydrogen-bond acceptors (Lipinski definition) is 2. The molecule has 2 aromatic heterocycles. The van der Waals surface area contributed by atoms with E-state index in [1.165, 1.54) is 5.56 Å². The molecule has 3 aromatic rings. The second-order valence-corrected chi connectivity index (χ2v) is 5.19. The van der Waals surface area contributed by atoms with Crippen LogP contribution in [0.3, 0.4) is 0 Å². The largest absolute Gasteiger partial charge is 0.311 e. The van der Waals surface area contributed by atoms with Crippen molar-refractivity contribution in [2.24, 2.45) is 0 Å². The topological polar surface area (TPSA) is 29.3 Å². The first-order valence-corrected chi connectivity index (χ1v) is 7.07. The molecular weight excluding hydrogens is 270 g/mol. The number of halogens is 1. The molecule has 0 aliphatic carbocycles. The molecule has 1 N–H and O–H groups in total. The van der Waals surface area contributed by atoms with Crippen LogP contribution < -0.4 is 5.32 Å². The van der Waals surface area contributed by atoms with Crippen molar-refractivity contribution in [3.05, 3.63) is 71.1 Å². The van der Waals surface area contributed by atoms with Crippen molar-refractivity contribution in [3.8, 4) is 0 Å². The maximum absolute atomic E-state index is 5.96. The number of aromatic nitrogens is 2. The van der Waals surface area contributed by atoms with Gasteiger partial charge in [0.1, 0.15) is 5.65 Å². The minimum absolute atomic E-state index is 0.721. The van der Waals surface area contributed by atoms with E-state index < -0.39 is 0 Å². The van der Waals surface area contributed by atoms with Crippen LogP contribution in [0.1, 0.15) is 11.3 Å². The predicted octanol–water partition coefficient (Wildman–Crippen LogP) is 3.32. The highest BCUT2D eigenvalue weighted by Gasteiger charge is 2.01. The molecule has 0 aliphatic rings. The van der Waals surface area contributed by atoms with Gasteiger partial charge in [-0.25, -0.2) is 4.98 Å². The van der Waals surface area contributed by atoms with Gasteiger partial charge in [0, 0.05) is 18.9 Å². The van der Waals surface area contributed by atoms with E-state index in [4.69, 9.17) is 11.6 Å². The average Bonchev–Trinajstić information content (AvgIpc) is 2.86. The first kappa shape index (κ1) is 13.2. The maximum Gasteiger partial charge on any atom is 0.137 e. The summed E-state index contributed by atoms with van der Waals surface area (Å²) in [6, 6.07) is 14.3. The van der Waals surface area contributed by atoms with Crippen molar-refractivity contribution in [2.45, 2.75) is 13.0 Å². The third-order valence-electron chi connectivity index (χ3n) is 3.20. The van der Waals surface area contributed by atoms with Gasteiger partial charge in [0.2, 0.25) is 0 Å². The Morgan fingerprint density at radius 2 is 1.90 bits per heavy atom. The zero-order chi connectivity index (χ0) is 13.8. The van der Waals surface area contributed by atoms with Crippen molar-refractivity contribution < 1.29 is 0 Å². The van der Waals surface area contributed by atoms with Gasteiger partial charge in [-0.1, -0.05) is 41.9 Å². The van der Waals surface area contributed by atoms with Gasteiger partial charge < -0.3 is 9.72 Å². The number of nitrogens with zero attached hydrogens (tertiary/aromatic N) is 2. The monoisotopic (exact) mass is 285 g/mol. The fraction of sp³-hybridized carbons (Fsp3) is 0.188. The Balaban J connectivity index is 1.55. The molecule has 20 heavy (non-hydrogen) atoms. The highest BCUT2D eigenvalue weighted by Crippen LogP contribution is 2.11. The fourth-order valence-corrected chi connectivity index (χ4v) is 2.36. The SMILES string of the molecule is Clc1ccc2nc(CNCCc3ccccc3)cn2c1. The average molecular weight is 286 g/mol. The molecule has 0 unspecified atom stereocenters. The minimum atomic E-state index is 0.721. The Morgan fingerprint density at radius 3 is 2.75 bits per heavy atom. The summed E-state index contributed by atoms with van der Waals surface area (Å²) in [5.41, 5.74) is 3.30. The Hall–Kier alpha value is -1.84. The molecule has 3 rings (SSSR count). The lowest BCUT2D eigenvalue weighted by Crippen LogP contribution is -2.16. The molecule has 0 radical (unpaired) electrons. The number of imidazole rings is 1. The maximum atomic E-state index is 5.96. The summed E-state index contributed by atoms with van der Waals surface area (Å²) in [4.78, 5) is 4.54. The highest BCUT2D eigenvalue weighted by atomic mass is 35.5. The first-order valence-electron chi connectivity index (χ1n) is 6.69. The number of fused-ring (bicyclic) bond motifs is 1. The van der Waals surface area contributed by atoms with E-state index in [1.807, 2.05) is 35.0 Å². The van der Waals surface area contributed by atoms with Crippen molar-refractivity contribution in [3.63, 3.8) is 0 Å². The van der Waals surface area contributed by atoms with E-state index in [1.54, 1.807) is 0 Å². The number of hydrogen-bond donors (Lipinski definition) is 1. The summed E-state index contributed by atoms with van der Waals surface area (Å²) in [6.45, 7) is 1.71. The summed E-state index contributed by atoms with van der Waals surface area (Å²) < 4.78 is 1.95. The minimum Gasteiger partial charge on any atom is -0.311 e. The van der Waals surface area contributed by atoms with Crippen molar-refractivity contribution in [1.29, 1.82) is 0 Å². The lowest BCUT2D eigenvalue weighted by Gasteiger charge is -2.02. The fourth-order valence-electron chi connectivity index (χ4n) is 2.20. The van der Waals surface area contributed by atoms with E-state index in [2.05, 4.69) is 34.6 Å². The van der Waals surface area contributed by atoms with Crippen LogP contribution in [-0.4, -0.2) is 15.9 Å². The number of nitrogens with one attached hydrogen (secondary N) is 1. The number of pyridine rings is 1. The molecular formula is C16H16ClN3. The van der Waals surface area contributed by atoms with Crippen LogP contribution in [0.4, 0.5) is 0 Å². The van der Waals surface area contributed by atoms with Crippen molar-refractivity contribution in [2.75, 3.05) is 6.54 Å². The second kappa shape index (κ2) is 6.07. The van der Waals surface area contributed by atoms with Gasteiger partial charge in [-0.05, 0) is 30.7 Å². The first-order chi connectivity index (χ1) is 9.81. The molecule has 0 aliphatic heterocycles. The van der Waals surface area contributed by atoms with E-state index in [-0.39, 0.29) is 0 Å². The van der Waals surface area contributed by atoms with E-state index in [0.717, 1.165) is 35.9 Å². The standard InChI is InChI=1S/C16H16ClN3/c17-14-6-7-16-19-15(12-20(16)11-14)10-18-9-8-13-4-2-1-3-5-13/h1-7,11-12,18H,8-10H2. The van der Waals surface area contributed by atoms with Gasteiger partial charge in [0.15, 0.2) is 0 Å². The Kier molecular flexibility index (Phi) is 4.00. The Labute approximate surface area is 123 Å². The van der Waals surface area contributed by atoms with Gasteiger partial charge in [0.25, 0.3) is 0 Å². The molecule has 0 spiro atoms. The number of rotatable bonds is 5. The molecule has 4 heteroatoms. The van der Waals surface area contributed by atoms with Gasteiger partial charge in [-0.2, -0.15) is 0 Å². The van der Waals surface area contributed by atoms with Gasteiger partial charge in [0.05, 0.1) is 10.7 Å². The normalized spacial score (nSPS) is 11.1. The second-order valence-electron chi connectivity index (χ2n) is 4.76. The molecule has 0 atom stereocenters. The zero-order valence-electron chi connectivity index (χ0n) is 11.1. The summed E-state index contributed by atoms with van der Waals surface area (Å²) in [7, 11) is 0. The van der Waals surface area contributed by atoms with Gasteiger partial charge >= 0.3 is 0 Å². The molecule has 0 bridgehead atoms. The van der Waals surface area contributed by atoms with Gasteiger partial charge in [-0.15, -0.1) is 0 Å². The lowest BCUT2D eigenvalue weighted by molar-refractivity contribution is 0.677. The smallest absolute Gasteiger partial charge is 0.137 e. The van der Waals surface area contributed by atoms with E-state index in [9.17, 15) is 0 Å². The summed E-state index contributed by atoms with van der Waals surface area (Å²) in [5, 5.41) is 4.14.